The van der Waals surface area contributed by atoms with Crippen molar-refractivity contribution in [3.05, 3.63) is 35.9 Å². The number of hydrogen-bond donors (Lipinski definition) is 2. The first kappa shape index (κ1) is 14.2. The third-order valence-electron chi connectivity index (χ3n) is 3.29. The highest BCUT2D eigenvalue weighted by Crippen LogP contribution is 2.22. The van der Waals surface area contributed by atoms with Gasteiger partial charge in [0.1, 0.15) is 0 Å². The molecule has 0 heterocycles. The van der Waals surface area contributed by atoms with Gasteiger partial charge in [0.15, 0.2) is 0 Å². The highest BCUT2D eigenvalue weighted by molar-refractivity contribution is 5.19. The van der Waals surface area contributed by atoms with E-state index in [4.69, 9.17) is 0 Å². The molecule has 0 radical (unpaired) electrons. The molecule has 2 N–H and O–H groups in total. The van der Waals surface area contributed by atoms with Gasteiger partial charge in [0.05, 0.1) is 6.10 Å². The summed E-state index contributed by atoms with van der Waals surface area (Å²) in [7, 11) is 0. The third kappa shape index (κ3) is 4.14. The van der Waals surface area contributed by atoms with E-state index >= 15 is 0 Å². The van der Waals surface area contributed by atoms with Gasteiger partial charge in [0.2, 0.25) is 0 Å². The molecular weight excluding hydrogens is 210 g/mol. The predicted octanol–water partition coefficient (Wildman–Crippen LogP) is 3.13. The highest BCUT2D eigenvalue weighted by atomic mass is 16.3. The van der Waals surface area contributed by atoms with Crippen LogP contribution >= 0.6 is 0 Å². The Hall–Kier alpha value is -0.860. The number of aliphatic hydroxyl groups excluding tert-OH is 1. The third-order valence-corrected chi connectivity index (χ3v) is 3.29. The summed E-state index contributed by atoms with van der Waals surface area (Å²) in [6.45, 7) is 8.61. The molecule has 3 unspecified atom stereocenters. The molecule has 1 aromatic rings. The van der Waals surface area contributed by atoms with Crippen LogP contribution in [-0.4, -0.2) is 17.2 Å². The van der Waals surface area contributed by atoms with Crippen LogP contribution < -0.4 is 5.32 Å². The quantitative estimate of drug-likeness (QED) is 0.794. The van der Waals surface area contributed by atoms with E-state index < -0.39 is 6.10 Å². The fourth-order valence-electron chi connectivity index (χ4n) is 1.95. The van der Waals surface area contributed by atoms with Gasteiger partial charge >= 0.3 is 0 Å². The van der Waals surface area contributed by atoms with Crippen LogP contribution in [0.1, 0.15) is 45.8 Å². The van der Waals surface area contributed by atoms with Gasteiger partial charge in [-0.3, -0.25) is 0 Å². The molecule has 0 bridgehead atoms. The van der Waals surface area contributed by atoms with Gasteiger partial charge < -0.3 is 10.4 Å². The average Bonchev–Trinajstić information content (AvgIpc) is 2.35. The molecule has 0 amide bonds. The summed E-state index contributed by atoms with van der Waals surface area (Å²) in [5, 5.41) is 13.9. The van der Waals surface area contributed by atoms with E-state index in [9.17, 15) is 5.11 Å². The lowest BCUT2D eigenvalue weighted by Crippen LogP contribution is -2.43. The molecule has 0 saturated carbocycles. The number of rotatable bonds is 6. The van der Waals surface area contributed by atoms with E-state index in [1.807, 2.05) is 30.3 Å². The van der Waals surface area contributed by atoms with Crippen LogP contribution in [0.4, 0.5) is 0 Å². The van der Waals surface area contributed by atoms with Crippen LogP contribution in [0.25, 0.3) is 0 Å². The van der Waals surface area contributed by atoms with Crippen molar-refractivity contribution < 1.29 is 5.11 Å². The molecule has 0 saturated heterocycles. The predicted molar refractivity (Wildman–Crippen MR) is 72.9 cm³/mol. The molecule has 1 rings (SSSR count). The van der Waals surface area contributed by atoms with Crippen LogP contribution in [0.3, 0.4) is 0 Å². The van der Waals surface area contributed by atoms with Gasteiger partial charge in [-0.1, -0.05) is 51.1 Å². The van der Waals surface area contributed by atoms with Crippen LogP contribution in [0.2, 0.25) is 0 Å². The summed E-state index contributed by atoms with van der Waals surface area (Å²) in [5.74, 6) is 0.402. The van der Waals surface area contributed by atoms with Crippen molar-refractivity contribution in [2.75, 3.05) is 0 Å². The van der Waals surface area contributed by atoms with Crippen LogP contribution in [0.15, 0.2) is 30.3 Å². The van der Waals surface area contributed by atoms with Crippen LogP contribution in [0, 0.1) is 5.92 Å². The van der Waals surface area contributed by atoms with Gasteiger partial charge in [0.25, 0.3) is 0 Å². The number of benzene rings is 1. The minimum atomic E-state index is -0.440. The van der Waals surface area contributed by atoms with Crippen LogP contribution in [0.5, 0.6) is 0 Å². The Labute approximate surface area is 105 Å². The molecule has 2 heteroatoms. The summed E-state index contributed by atoms with van der Waals surface area (Å²) in [5.41, 5.74) is 0.988. The van der Waals surface area contributed by atoms with Crippen molar-refractivity contribution in [1.29, 1.82) is 0 Å². The zero-order valence-electron chi connectivity index (χ0n) is 11.4. The maximum atomic E-state index is 10.4. The Bertz CT molecular complexity index is 310. The Morgan fingerprint density at radius 2 is 1.71 bits per heavy atom. The summed E-state index contributed by atoms with van der Waals surface area (Å²) in [4.78, 5) is 0. The molecular formula is C15H25NO. The van der Waals surface area contributed by atoms with E-state index in [1.165, 1.54) is 0 Å². The minimum absolute atomic E-state index is 0.104. The van der Waals surface area contributed by atoms with Crippen molar-refractivity contribution in [3.8, 4) is 0 Å². The lowest BCUT2D eigenvalue weighted by molar-refractivity contribution is 0.0986. The topological polar surface area (TPSA) is 32.3 Å². The fraction of sp³-hybridized carbons (Fsp3) is 0.600. The van der Waals surface area contributed by atoms with Gasteiger partial charge in [-0.15, -0.1) is 0 Å². The first-order chi connectivity index (χ1) is 8.06. The van der Waals surface area contributed by atoms with Gasteiger partial charge in [-0.05, 0) is 24.8 Å². The summed E-state index contributed by atoms with van der Waals surface area (Å²) < 4.78 is 0. The maximum Gasteiger partial charge on any atom is 0.0945 e. The smallest absolute Gasteiger partial charge is 0.0945 e. The van der Waals surface area contributed by atoms with Gasteiger partial charge in [0, 0.05) is 12.1 Å². The minimum Gasteiger partial charge on any atom is -0.387 e. The largest absolute Gasteiger partial charge is 0.387 e. The molecule has 17 heavy (non-hydrogen) atoms. The van der Waals surface area contributed by atoms with Crippen molar-refractivity contribution in [3.63, 3.8) is 0 Å². The summed E-state index contributed by atoms with van der Waals surface area (Å²) >= 11 is 0. The van der Waals surface area contributed by atoms with Crippen molar-refractivity contribution in [1.82, 2.24) is 5.32 Å². The summed E-state index contributed by atoms with van der Waals surface area (Å²) in [6.07, 6.45) is 0.635. The van der Waals surface area contributed by atoms with E-state index in [0.29, 0.717) is 12.0 Å². The molecule has 2 nitrogen and oxygen atoms in total. The average molecular weight is 235 g/mol. The molecule has 1 aromatic carbocycles. The standard InChI is InChI=1S/C15H25NO/c1-5-12(4)16-14(11(2)3)15(17)13-9-7-6-8-10-13/h6-12,14-17H,5H2,1-4H3. The zero-order valence-corrected chi connectivity index (χ0v) is 11.4. The van der Waals surface area contributed by atoms with Gasteiger partial charge in [-0.2, -0.15) is 0 Å². The maximum absolute atomic E-state index is 10.4. The van der Waals surface area contributed by atoms with E-state index in [0.717, 1.165) is 12.0 Å². The molecule has 0 fully saturated rings. The lowest BCUT2D eigenvalue weighted by atomic mass is 9.92. The molecule has 0 aromatic heterocycles. The fourth-order valence-corrected chi connectivity index (χ4v) is 1.95. The number of aliphatic hydroxyl groups is 1. The normalized spacial score (nSPS) is 16.8. The zero-order chi connectivity index (χ0) is 12.8. The monoisotopic (exact) mass is 235 g/mol. The van der Waals surface area contributed by atoms with E-state index in [-0.39, 0.29) is 6.04 Å². The van der Waals surface area contributed by atoms with Crippen molar-refractivity contribution in [2.24, 2.45) is 5.92 Å². The molecule has 3 atom stereocenters. The Kier molecular flexibility index (Phi) is 5.66. The SMILES string of the molecule is CCC(C)NC(C(C)C)C(O)c1ccccc1. The van der Waals surface area contributed by atoms with E-state index in [2.05, 4.69) is 33.0 Å². The second-order valence-electron chi connectivity index (χ2n) is 5.10. The molecule has 0 spiro atoms. The molecule has 0 aliphatic rings. The van der Waals surface area contributed by atoms with Crippen molar-refractivity contribution in [2.45, 2.75) is 52.3 Å². The first-order valence-corrected chi connectivity index (χ1v) is 6.55. The molecule has 0 aliphatic carbocycles. The Morgan fingerprint density at radius 3 is 2.18 bits per heavy atom. The Balaban J connectivity index is 2.77. The van der Waals surface area contributed by atoms with Crippen LogP contribution in [-0.2, 0) is 0 Å². The molecule has 0 aliphatic heterocycles. The highest BCUT2D eigenvalue weighted by Gasteiger charge is 2.24. The lowest BCUT2D eigenvalue weighted by Gasteiger charge is -2.30. The molecule has 96 valence electrons. The second-order valence-corrected chi connectivity index (χ2v) is 5.10. The first-order valence-electron chi connectivity index (χ1n) is 6.55. The van der Waals surface area contributed by atoms with Gasteiger partial charge in [-0.25, -0.2) is 0 Å². The number of nitrogens with one attached hydrogen (secondary N) is 1. The Morgan fingerprint density at radius 1 is 1.12 bits per heavy atom. The number of hydrogen-bond acceptors (Lipinski definition) is 2. The van der Waals surface area contributed by atoms with E-state index in [1.54, 1.807) is 0 Å². The van der Waals surface area contributed by atoms with Crippen molar-refractivity contribution >= 4 is 0 Å². The summed E-state index contributed by atoms with van der Waals surface area (Å²) in [6, 6.07) is 10.4. The second kappa shape index (κ2) is 6.77.